The van der Waals surface area contributed by atoms with Crippen molar-refractivity contribution < 1.29 is 0 Å². The van der Waals surface area contributed by atoms with Crippen molar-refractivity contribution in [2.45, 2.75) is 22.7 Å². The lowest BCUT2D eigenvalue weighted by Crippen LogP contribution is -2.23. The maximum Gasteiger partial charge on any atom is 0.160 e. The van der Waals surface area contributed by atoms with Crippen LogP contribution in [-0.2, 0) is 0 Å². The Hall–Kier alpha value is -0.720. The number of thiazole rings is 1. The minimum absolute atomic E-state index is 0.736. The highest BCUT2D eigenvalue weighted by molar-refractivity contribution is 14.1. The van der Waals surface area contributed by atoms with Gasteiger partial charge < -0.3 is 0 Å². The summed E-state index contributed by atoms with van der Waals surface area (Å²) in [7, 11) is 0. The van der Waals surface area contributed by atoms with Crippen LogP contribution in [0.25, 0.3) is 21.7 Å². The SMILES string of the molecule is Brc1nc(-c2ccc(C3CCC3I)cc2)c(-c2ccccc2)s1. The number of benzene rings is 2. The molecule has 1 aromatic heterocycles. The van der Waals surface area contributed by atoms with E-state index in [2.05, 4.69) is 87.1 Å². The number of aromatic nitrogens is 1. The van der Waals surface area contributed by atoms with Gasteiger partial charge in [0.25, 0.3) is 0 Å². The van der Waals surface area contributed by atoms with Crippen molar-refractivity contribution in [2.75, 3.05) is 0 Å². The molecule has 1 nitrogen and oxygen atoms in total. The minimum atomic E-state index is 0.736. The minimum Gasteiger partial charge on any atom is -0.228 e. The van der Waals surface area contributed by atoms with Gasteiger partial charge in [-0.15, -0.1) is 11.3 Å². The van der Waals surface area contributed by atoms with Gasteiger partial charge in [0.1, 0.15) is 0 Å². The summed E-state index contributed by atoms with van der Waals surface area (Å²) in [6.07, 6.45) is 2.68. The predicted molar refractivity (Wildman–Crippen MR) is 110 cm³/mol. The van der Waals surface area contributed by atoms with Gasteiger partial charge in [0.05, 0.1) is 10.6 Å². The number of halogens is 2. The molecule has 2 unspecified atom stereocenters. The quantitative estimate of drug-likeness (QED) is 0.284. The summed E-state index contributed by atoms with van der Waals surface area (Å²) >= 11 is 7.82. The summed E-state index contributed by atoms with van der Waals surface area (Å²) < 4.78 is 1.73. The van der Waals surface area contributed by atoms with E-state index < -0.39 is 0 Å². The Labute approximate surface area is 162 Å². The van der Waals surface area contributed by atoms with Gasteiger partial charge in [0.2, 0.25) is 0 Å². The van der Waals surface area contributed by atoms with E-state index in [9.17, 15) is 0 Å². The van der Waals surface area contributed by atoms with Gasteiger partial charge >= 0.3 is 0 Å². The number of hydrogen-bond acceptors (Lipinski definition) is 2. The lowest BCUT2D eigenvalue weighted by Gasteiger charge is -2.32. The second kappa shape index (κ2) is 6.65. The molecular formula is C19H15BrINS. The van der Waals surface area contributed by atoms with E-state index in [1.165, 1.54) is 34.4 Å². The van der Waals surface area contributed by atoms with E-state index in [4.69, 9.17) is 4.98 Å². The summed E-state index contributed by atoms with van der Waals surface area (Å²) in [5.41, 5.74) is 4.95. The maximum atomic E-state index is 4.71. The molecule has 0 aliphatic heterocycles. The van der Waals surface area contributed by atoms with Gasteiger partial charge in [-0.05, 0) is 45.8 Å². The van der Waals surface area contributed by atoms with Crippen molar-refractivity contribution in [2.24, 2.45) is 0 Å². The number of alkyl halides is 1. The molecule has 4 rings (SSSR count). The van der Waals surface area contributed by atoms with Gasteiger partial charge in [-0.1, -0.05) is 77.2 Å². The summed E-state index contributed by atoms with van der Waals surface area (Å²) in [6, 6.07) is 19.5. The van der Waals surface area contributed by atoms with Gasteiger partial charge in [-0.25, -0.2) is 4.98 Å². The fourth-order valence-corrected chi connectivity index (χ4v) is 5.61. The van der Waals surface area contributed by atoms with Crippen LogP contribution in [0.4, 0.5) is 0 Å². The molecule has 1 aliphatic carbocycles. The number of nitrogens with zero attached hydrogens (tertiary/aromatic N) is 1. The zero-order valence-corrected chi connectivity index (χ0v) is 16.9. The van der Waals surface area contributed by atoms with Crippen LogP contribution in [0.2, 0.25) is 0 Å². The van der Waals surface area contributed by atoms with Gasteiger partial charge in [-0.2, -0.15) is 0 Å². The molecule has 0 saturated heterocycles. The highest BCUT2D eigenvalue weighted by Gasteiger charge is 2.29. The Kier molecular flexibility index (Phi) is 4.56. The topological polar surface area (TPSA) is 12.9 Å². The summed E-state index contributed by atoms with van der Waals surface area (Å²) in [5.74, 6) is 0.736. The standard InChI is InChI=1S/C19H15BrINS/c20-19-22-17(18(23-19)14-4-2-1-3-5-14)13-8-6-12(7-9-13)15-10-11-16(15)21/h1-9,15-16H,10-11H2. The van der Waals surface area contributed by atoms with Crippen LogP contribution in [0.3, 0.4) is 0 Å². The van der Waals surface area contributed by atoms with Crippen LogP contribution < -0.4 is 0 Å². The predicted octanol–water partition coefficient (Wildman–Crippen LogP) is 6.92. The van der Waals surface area contributed by atoms with Crippen molar-refractivity contribution in [3.63, 3.8) is 0 Å². The summed E-state index contributed by atoms with van der Waals surface area (Å²) in [4.78, 5) is 5.94. The third-order valence-corrected chi connectivity index (χ3v) is 7.49. The van der Waals surface area contributed by atoms with Crippen molar-refractivity contribution in [3.05, 3.63) is 64.1 Å². The Balaban J connectivity index is 1.71. The molecular weight excluding hydrogens is 481 g/mol. The lowest BCUT2D eigenvalue weighted by atomic mass is 9.80. The zero-order valence-electron chi connectivity index (χ0n) is 12.4. The normalized spacial score (nSPS) is 20.3. The molecule has 1 saturated carbocycles. The molecule has 2 atom stereocenters. The number of hydrogen-bond donors (Lipinski definition) is 0. The van der Waals surface area contributed by atoms with Crippen molar-refractivity contribution in [3.8, 4) is 21.7 Å². The third-order valence-electron chi connectivity index (χ3n) is 4.44. The highest BCUT2D eigenvalue weighted by atomic mass is 127. The maximum absolute atomic E-state index is 4.71. The van der Waals surface area contributed by atoms with Crippen LogP contribution in [0.1, 0.15) is 24.3 Å². The molecule has 0 spiro atoms. The van der Waals surface area contributed by atoms with Crippen molar-refractivity contribution in [1.29, 1.82) is 0 Å². The Morgan fingerprint density at radius 1 is 0.957 bits per heavy atom. The van der Waals surface area contributed by atoms with E-state index >= 15 is 0 Å². The molecule has 1 fully saturated rings. The van der Waals surface area contributed by atoms with Crippen LogP contribution in [0.5, 0.6) is 0 Å². The fraction of sp³-hybridized carbons (Fsp3) is 0.211. The molecule has 3 aromatic rings. The van der Waals surface area contributed by atoms with Gasteiger partial charge in [-0.3, -0.25) is 0 Å². The molecule has 0 amide bonds. The monoisotopic (exact) mass is 495 g/mol. The van der Waals surface area contributed by atoms with E-state index in [0.29, 0.717) is 0 Å². The molecule has 0 bridgehead atoms. The van der Waals surface area contributed by atoms with Crippen LogP contribution >= 0.6 is 49.9 Å². The largest absolute Gasteiger partial charge is 0.228 e. The third kappa shape index (κ3) is 3.13. The average Bonchev–Trinajstić information content (AvgIpc) is 2.97. The fourth-order valence-electron chi connectivity index (χ4n) is 3.00. The summed E-state index contributed by atoms with van der Waals surface area (Å²) in [6.45, 7) is 0. The smallest absolute Gasteiger partial charge is 0.160 e. The Bertz CT molecular complexity index is 813. The van der Waals surface area contributed by atoms with E-state index in [0.717, 1.165) is 19.5 Å². The van der Waals surface area contributed by atoms with E-state index in [-0.39, 0.29) is 0 Å². The second-order valence-corrected chi connectivity index (χ2v) is 9.71. The van der Waals surface area contributed by atoms with Crippen LogP contribution in [0.15, 0.2) is 58.5 Å². The molecule has 0 radical (unpaired) electrons. The first kappa shape index (κ1) is 15.8. The van der Waals surface area contributed by atoms with Crippen molar-refractivity contribution >= 4 is 49.9 Å². The molecule has 4 heteroatoms. The molecule has 23 heavy (non-hydrogen) atoms. The van der Waals surface area contributed by atoms with Crippen molar-refractivity contribution in [1.82, 2.24) is 4.98 Å². The molecule has 0 N–H and O–H groups in total. The Morgan fingerprint density at radius 2 is 1.70 bits per heavy atom. The second-order valence-electron chi connectivity index (χ2n) is 5.83. The van der Waals surface area contributed by atoms with E-state index in [1.54, 1.807) is 11.3 Å². The molecule has 116 valence electrons. The first-order chi connectivity index (χ1) is 11.2. The number of rotatable bonds is 3. The van der Waals surface area contributed by atoms with Crippen LogP contribution in [0, 0.1) is 0 Å². The average molecular weight is 496 g/mol. The zero-order chi connectivity index (χ0) is 15.8. The molecule has 1 aliphatic rings. The van der Waals surface area contributed by atoms with Gasteiger partial charge in [0, 0.05) is 9.49 Å². The first-order valence-electron chi connectivity index (χ1n) is 7.68. The van der Waals surface area contributed by atoms with Crippen LogP contribution in [-0.4, -0.2) is 8.91 Å². The molecule has 2 aromatic carbocycles. The highest BCUT2D eigenvalue weighted by Crippen LogP contribution is 2.43. The molecule has 1 heterocycles. The Morgan fingerprint density at radius 3 is 2.30 bits per heavy atom. The van der Waals surface area contributed by atoms with Gasteiger partial charge in [0.15, 0.2) is 3.92 Å². The first-order valence-corrected chi connectivity index (χ1v) is 10.5. The summed E-state index contributed by atoms with van der Waals surface area (Å²) in [5, 5.41) is 0. The van der Waals surface area contributed by atoms with E-state index in [1.807, 2.05) is 6.07 Å². The lowest BCUT2D eigenvalue weighted by molar-refractivity contribution is 0.453.